The van der Waals surface area contributed by atoms with Gasteiger partial charge in [0.1, 0.15) is 5.65 Å². The lowest BCUT2D eigenvalue weighted by molar-refractivity contribution is 1.19. The molecule has 3 rings (SSSR count). The molecule has 2 nitrogen and oxygen atoms in total. The zero-order valence-electron chi connectivity index (χ0n) is 9.50. The van der Waals surface area contributed by atoms with Crippen LogP contribution >= 0.6 is 11.8 Å². The van der Waals surface area contributed by atoms with E-state index in [0.29, 0.717) is 0 Å². The molecule has 0 aliphatic carbocycles. The molecule has 0 atom stereocenters. The van der Waals surface area contributed by atoms with Crippen LogP contribution in [0.1, 0.15) is 0 Å². The van der Waals surface area contributed by atoms with E-state index in [9.17, 15) is 0 Å². The van der Waals surface area contributed by atoms with E-state index in [0.717, 1.165) is 16.9 Å². The fourth-order valence-electron chi connectivity index (χ4n) is 1.84. The van der Waals surface area contributed by atoms with Gasteiger partial charge in [-0.3, -0.25) is 0 Å². The van der Waals surface area contributed by atoms with Crippen LogP contribution in [0.5, 0.6) is 0 Å². The Balaban J connectivity index is 2.07. The second-order valence-corrected chi connectivity index (χ2v) is 4.70. The van der Waals surface area contributed by atoms with Gasteiger partial charge >= 0.3 is 0 Å². The second-order valence-electron chi connectivity index (χ2n) is 3.82. The minimum Gasteiger partial charge on any atom is -0.306 e. The molecule has 0 fully saturated rings. The molecule has 0 amide bonds. The van der Waals surface area contributed by atoms with Crippen molar-refractivity contribution in [2.45, 2.75) is 4.90 Å². The molecule has 3 aromatic rings. The molecule has 1 aromatic carbocycles. The quantitative estimate of drug-likeness (QED) is 0.635. The maximum absolute atomic E-state index is 4.59. The lowest BCUT2D eigenvalue weighted by atomic mass is 10.2. The molecule has 17 heavy (non-hydrogen) atoms. The van der Waals surface area contributed by atoms with Crippen LogP contribution < -0.4 is 0 Å². The van der Waals surface area contributed by atoms with E-state index in [1.807, 2.05) is 28.8 Å². The van der Waals surface area contributed by atoms with Gasteiger partial charge < -0.3 is 4.40 Å². The standard InChI is InChI=1S/C14H12N2S/c1-17-12-7-5-11(6-8-12)13-10-16-9-3-2-4-14(16)15-13/h2-10H,1H3. The molecular weight excluding hydrogens is 228 g/mol. The average molecular weight is 240 g/mol. The Bertz CT molecular complexity index is 608. The second kappa shape index (κ2) is 4.26. The molecule has 0 N–H and O–H groups in total. The number of thioether (sulfide) groups is 1. The predicted molar refractivity (Wildman–Crippen MR) is 72.4 cm³/mol. The van der Waals surface area contributed by atoms with Crippen molar-refractivity contribution >= 4 is 17.4 Å². The van der Waals surface area contributed by atoms with E-state index in [2.05, 4.69) is 41.7 Å². The number of hydrogen-bond acceptors (Lipinski definition) is 2. The molecule has 2 heterocycles. The fraction of sp³-hybridized carbons (Fsp3) is 0.0714. The number of pyridine rings is 1. The molecule has 3 heteroatoms. The Labute approximate surface area is 104 Å². The molecule has 0 spiro atoms. The molecule has 0 bridgehead atoms. The van der Waals surface area contributed by atoms with Gasteiger partial charge in [-0.2, -0.15) is 0 Å². The van der Waals surface area contributed by atoms with Crippen molar-refractivity contribution < 1.29 is 0 Å². The van der Waals surface area contributed by atoms with Crippen molar-refractivity contribution in [1.82, 2.24) is 9.38 Å². The molecule has 84 valence electrons. The molecular formula is C14H12N2S. The first kappa shape index (κ1) is 10.4. The van der Waals surface area contributed by atoms with E-state index in [1.54, 1.807) is 11.8 Å². The summed E-state index contributed by atoms with van der Waals surface area (Å²) in [5.41, 5.74) is 3.16. The van der Waals surface area contributed by atoms with Gasteiger partial charge in [-0.15, -0.1) is 11.8 Å². The average Bonchev–Trinajstić information content (AvgIpc) is 2.82. The van der Waals surface area contributed by atoms with Crippen LogP contribution in [0.3, 0.4) is 0 Å². The third-order valence-corrected chi connectivity index (χ3v) is 3.49. The predicted octanol–water partition coefficient (Wildman–Crippen LogP) is 3.72. The van der Waals surface area contributed by atoms with Gasteiger partial charge in [-0.05, 0) is 30.5 Å². The number of fused-ring (bicyclic) bond motifs is 1. The lowest BCUT2D eigenvalue weighted by Crippen LogP contribution is -1.77. The zero-order valence-corrected chi connectivity index (χ0v) is 10.3. The Hall–Kier alpha value is -1.74. The van der Waals surface area contributed by atoms with Gasteiger partial charge in [0.05, 0.1) is 5.69 Å². The molecule has 0 aliphatic rings. The number of nitrogens with zero attached hydrogens (tertiary/aromatic N) is 2. The highest BCUT2D eigenvalue weighted by atomic mass is 32.2. The maximum Gasteiger partial charge on any atom is 0.137 e. The van der Waals surface area contributed by atoms with Gasteiger partial charge in [-0.1, -0.05) is 18.2 Å². The summed E-state index contributed by atoms with van der Waals surface area (Å²) in [5.74, 6) is 0. The van der Waals surface area contributed by atoms with Gasteiger partial charge in [-0.25, -0.2) is 4.98 Å². The zero-order chi connectivity index (χ0) is 11.7. The van der Waals surface area contributed by atoms with Crippen LogP contribution in [-0.4, -0.2) is 15.6 Å². The first-order valence-corrected chi connectivity index (χ1v) is 6.67. The molecule has 0 aliphatic heterocycles. The van der Waals surface area contributed by atoms with Crippen molar-refractivity contribution in [2.75, 3.05) is 6.26 Å². The highest BCUT2D eigenvalue weighted by molar-refractivity contribution is 7.98. The smallest absolute Gasteiger partial charge is 0.137 e. The van der Waals surface area contributed by atoms with Crippen LogP contribution in [0, 0.1) is 0 Å². The SMILES string of the molecule is CSc1ccc(-c2cn3ccccc3n2)cc1. The summed E-state index contributed by atoms with van der Waals surface area (Å²) in [4.78, 5) is 5.87. The van der Waals surface area contributed by atoms with Crippen molar-refractivity contribution in [2.24, 2.45) is 0 Å². The van der Waals surface area contributed by atoms with Gasteiger partial charge in [0.15, 0.2) is 0 Å². The van der Waals surface area contributed by atoms with Crippen LogP contribution in [0.15, 0.2) is 59.8 Å². The topological polar surface area (TPSA) is 17.3 Å². The summed E-state index contributed by atoms with van der Waals surface area (Å²) in [6.45, 7) is 0. The van der Waals surface area contributed by atoms with Gasteiger partial charge in [0.25, 0.3) is 0 Å². The van der Waals surface area contributed by atoms with Crippen molar-refractivity contribution in [3.63, 3.8) is 0 Å². The van der Waals surface area contributed by atoms with E-state index < -0.39 is 0 Å². The summed E-state index contributed by atoms with van der Waals surface area (Å²) >= 11 is 1.75. The summed E-state index contributed by atoms with van der Waals surface area (Å²) < 4.78 is 2.04. The number of hydrogen-bond donors (Lipinski definition) is 0. The summed E-state index contributed by atoms with van der Waals surface area (Å²) in [6.07, 6.45) is 6.16. The normalized spacial score (nSPS) is 10.9. The molecule has 0 radical (unpaired) electrons. The number of benzene rings is 1. The highest BCUT2D eigenvalue weighted by Gasteiger charge is 2.03. The minimum atomic E-state index is 0.983. The first-order valence-electron chi connectivity index (χ1n) is 5.45. The number of imidazole rings is 1. The molecule has 0 saturated carbocycles. The van der Waals surface area contributed by atoms with Gasteiger partial charge in [0, 0.05) is 22.9 Å². The Kier molecular flexibility index (Phi) is 2.61. The summed E-state index contributed by atoms with van der Waals surface area (Å²) in [5, 5.41) is 0. The van der Waals surface area contributed by atoms with Crippen molar-refractivity contribution in [3.05, 3.63) is 54.9 Å². The van der Waals surface area contributed by atoms with Crippen molar-refractivity contribution in [3.8, 4) is 11.3 Å². The van der Waals surface area contributed by atoms with Crippen molar-refractivity contribution in [1.29, 1.82) is 0 Å². The number of aromatic nitrogens is 2. The fourth-order valence-corrected chi connectivity index (χ4v) is 2.24. The van der Waals surface area contributed by atoms with E-state index >= 15 is 0 Å². The van der Waals surface area contributed by atoms with Crippen LogP contribution in [0.4, 0.5) is 0 Å². The molecule has 0 saturated heterocycles. The monoisotopic (exact) mass is 240 g/mol. The summed E-state index contributed by atoms with van der Waals surface area (Å²) in [7, 11) is 0. The van der Waals surface area contributed by atoms with E-state index in [4.69, 9.17) is 0 Å². The number of rotatable bonds is 2. The largest absolute Gasteiger partial charge is 0.306 e. The lowest BCUT2D eigenvalue weighted by Gasteiger charge is -1.98. The third kappa shape index (κ3) is 1.94. The van der Waals surface area contributed by atoms with E-state index in [1.165, 1.54) is 4.90 Å². The van der Waals surface area contributed by atoms with Gasteiger partial charge in [0.2, 0.25) is 0 Å². The van der Waals surface area contributed by atoms with Crippen LogP contribution in [0.2, 0.25) is 0 Å². The maximum atomic E-state index is 4.59. The Morgan fingerprint density at radius 3 is 2.59 bits per heavy atom. The Morgan fingerprint density at radius 1 is 1.06 bits per heavy atom. The minimum absolute atomic E-state index is 0.983. The Morgan fingerprint density at radius 2 is 1.88 bits per heavy atom. The third-order valence-electron chi connectivity index (χ3n) is 2.75. The molecule has 2 aromatic heterocycles. The van der Waals surface area contributed by atoms with E-state index in [-0.39, 0.29) is 0 Å². The highest BCUT2D eigenvalue weighted by Crippen LogP contribution is 2.22. The van der Waals surface area contributed by atoms with Crippen LogP contribution in [0.25, 0.3) is 16.9 Å². The summed E-state index contributed by atoms with van der Waals surface area (Å²) in [6, 6.07) is 14.5. The molecule has 0 unspecified atom stereocenters. The first-order chi connectivity index (χ1) is 8.36. The van der Waals surface area contributed by atoms with Crippen LogP contribution in [-0.2, 0) is 0 Å².